The molecule has 2 heterocycles. The standard InChI is InChI=1S/C16H18N4O/c21-15-13-11-17-20(12-7-3-1-4-8-12)14(13)18-16(19-15)9-5-2-6-10-16/h1,3-4,7-8,11,18H,2,5-6,9-10H2,(H,19,21). The molecule has 0 unspecified atom stereocenters. The summed E-state index contributed by atoms with van der Waals surface area (Å²) in [6, 6.07) is 9.91. The van der Waals surface area contributed by atoms with Crippen LogP contribution in [0.25, 0.3) is 5.69 Å². The van der Waals surface area contributed by atoms with E-state index >= 15 is 0 Å². The molecule has 1 aromatic carbocycles. The molecular weight excluding hydrogens is 264 g/mol. The lowest BCUT2D eigenvalue weighted by Crippen LogP contribution is -2.58. The molecule has 0 atom stereocenters. The van der Waals surface area contributed by atoms with Crippen LogP contribution >= 0.6 is 0 Å². The molecule has 5 nitrogen and oxygen atoms in total. The Morgan fingerprint density at radius 3 is 2.57 bits per heavy atom. The van der Waals surface area contributed by atoms with Crippen molar-refractivity contribution in [3.05, 3.63) is 42.1 Å². The topological polar surface area (TPSA) is 59.0 Å². The Bertz CT molecular complexity index is 671. The van der Waals surface area contributed by atoms with Gasteiger partial charge in [-0.15, -0.1) is 0 Å². The van der Waals surface area contributed by atoms with Gasteiger partial charge in [0.2, 0.25) is 0 Å². The van der Waals surface area contributed by atoms with Gasteiger partial charge in [-0.2, -0.15) is 5.10 Å². The number of carbonyl (C=O) groups excluding carboxylic acids is 1. The summed E-state index contributed by atoms with van der Waals surface area (Å²) < 4.78 is 1.82. The van der Waals surface area contributed by atoms with Gasteiger partial charge in [0.1, 0.15) is 17.0 Å². The number of anilines is 1. The van der Waals surface area contributed by atoms with Crippen molar-refractivity contribution < 1.29 is 4.79 Å². The van der Waals surface area contributed by atoms with Crippen LogP contribution in [-0.4, -0.2) is 21.4 Å². The summed E-state index contributed by atoms with van der Waals surface area (Å²) in [6.45, 7) is 0. The molecule has 2 N–H and O–H groups in total. The fourth-order valence-electron chi connectivity index (χ4n) is 3.35. The van der Waals surface area contributed by atoms with Crippen LogP contribution in [0, 0.1) is 0 Å². The molecule has 0 saturated heterocycles. The lowest BCUT2D eigenvalue weighted by atomic mass is 9.87. The van der Waals surface area contributed by atoms with Crippen molar-refractivity contribution in [2.45, 2.75) is 37.8 Å². The maximum Gasteiger partial charge on any atom is 0.258 e. The van der Waals surface area contributed by atoms with E-state index in [-0.39, 0.29) is 11.6 Å². The lowest BCUT2D eigenvalue weighted by molar-refractivity contribution is 0.0876. The molecule has 1 aliphatic carbocycles. The van der Waals surface area contributed by atoms with Crippen LogP contribution in [0.4, 0.5) is 5.82 Å². The van der Waals surface area contributed by atoms with Crippen molar-refractivity contribution in [1.82, 2.24) is 15.1 Å². The van der Waals surface area contributed by atoms with E-state index in [0.29, 0.717) is 5.56 Å². The second-order valence-electron chi connectivity index (χ2n) is 5.88. The maximum absolute atomic E-state index is 12.4. The molecule has 2 aliphatic rings. The van der Waals surface area contributed by atoms with E-state index in [9.17, 15) is 4.79 Å². The summed E-state index contributed by atoms with van der Waals surface area (Å²) in [5.41, 5.74) is 1.29. The number of carbonyl (C=O) groups is 1. The quantitative estimate of drug-likeness (QED) is 0.845. The van der Waals surface area contributed by atoms with Crippen molar-refractivity contribution in [2.24, 2.45) is 0 Å². The molecule has 0 radical (unpaired) electrons. The normalized spacial score (nSPS) is 19.7. The Morgan fingerprint density at radius 2 is 1.81 bits per heavy atom. The summed E-state index contributed by atoms with van der Waals surface area (Å²) in [7, 11) is 0. The molecule has 4 rings (SSSR count). The van der Waals surface area contributed by atoms with Gasteiger partial charge in [0, 0.05) is 0 Å². The molecule has 1 amide bonds. The van der Waals surface area contributed by atoms with Crippen LogP contribution in [0.1, 0.15) is 42.5 Å². The fraction of sp³-hybridized carbons (Fsp3) is 0.375. The van der Waals surface area contributed by atoms with Crippen LogP contribution in [0.3, 0.4) is 0 Å². The predicted octanol–water partition coefficient (Wildman–Crippen LogP) is 2.69. The highest BCUT2D eigenvalue weighted by atomic mass is 16.2. The van der Waals surface area contributed by atoms with Gasteiger partial charge < -0.3 is 10.6 Å². The first-order valence-corrected chi connectivity index (χ1v) is 7.52. The third-order valence-electron chi connectivity index (χ3n) is 4.43. The van der Waals surface area contributed by atoms with Crippen LogP contribution < -0.4 is 10.6 Å². The zero-order chi connectivity index (χ0) is 14.3. The van der Waals surface area contributed by atoms with E-state index in [1.54, 1.807) is 6.20 Å². The second kappa shape index (κ2) is 4.62. The van der Waals surface area contributed by atoms with Gasteiger partial charge in [-0.05, 0) is 37.8 Å². The van der Waals surface area contributed by atoms with Crippen LogP contribution in [0.15, 0.2) is 36.5 Å². The molecule has 1 spiro atoms. The largest absolute Gasteiger partial charge is 0.347 e. The monoisotopic (exact) mass is 282 g/mol. The number of para-hydroxylation sites is 1. The van der Waals surface area contributed by atoms with Gasteiger partial charge in [-0.3, -0.25) is 4.79 Å². The molecule has 1 saturated carbocycles. The van der Waals surface area contributed by atoms with Gasteiger partial charge in [0.15, 0.2) is 0 Å². The van der Waals surface area contributed by atoms with Crippen LogP contribution in [0.5, 0.6) is 0 Å². The number of fused-ring (bicyclic) bond motifs is 1. The van der Waals surface area contributed by atoms with Crippen LogP contribution in [-0.2, 0) is 0 Å². The highest BCUT2D eigenvalue weighted by Crippen LogP contribution is 2.35. The summed E-state index contributed by atoms with van der Waals surface area (Å²) >= 11 is 0. The highest BCUT2D eigenvalue weighted by Gasteiger charge is 2.40. The molecule has 0 bridgehead atoms. The zero-order valence-corrected chi connectivity index (χ0v) is 11.8. The lowest BCUT2D eigenvalue weighted by Gasteiger charge is -2.42. The molecule has 1 aromatic heterocycles. The molecular formula is C16H18N4O. The Labute approximate surface area is 123 Å². The summed E-state index contributed by atoms with van der Waals surface area (Å²) in [4.78, 5) is 12.4. The number of amides is 1. The average Bonchev–Trinajstić information content (AvgIpc) is 2.93. The van der Waals surface area contributed by atoms with E-state index in [1.807, 2.05) is 35.0 Å². The first kappa shape index (κ1) is 12.4. The minimum Gasteiger partial charge on any atom is -0.347 e. The first-order valence-electron chi connectivity index (χ1n) is 7.52. The van der Waals surface area contributed by atoms with E-state index in [4.69, 9.17) is 0 Å². The number of nitrogens with zero attached hydrogens (tertiary/aromatic N) is 2. The SMILES string of the molecule is O=C1NC2(CCCCC2)Nc2c1cnn2-c1ccccc1. The van der Waals surface area contributed by atoms with Crippen LogP contribution in [0.2, 0.25) is 0 Å². The number of rotatable bonds is 1. The molecule has 108 valence electrons. The Kier molecular flexibility index (Phi) is 2.74. The molecule has 5 heteroatoms. The van der Waals surface area contributed by atoms with Gasteiger partial charge in [-0.1, -0.05) is 24.6 Å². The molecule has 2 aromatic rings. The Morgan fingerprint density at radius 1 is 1.05 bits per heavy atom. The Hall–Kier alpha value is -2.30. The minimum absolute atomic E-state index is 0.0205. The van der Waals surface area contributed by atoms with Gasteiger partial charge >= 0.3 is 0 Å². The van der Waals surface area contributed by atoms with Crippen molar-refractivity contribution in [2.75, 3.05) is 5.32 Å². The molecule has 1 fully saturated rings. The Balaban J connectivity index is 1.78. The maximum atomic E-state index is 12.4. The average molecular weight is 282 g/mol. The van der Waals surface area contributed by atoms with Crippen molar-refractivity contribution in [3.63, 3.8) is 0 Å². The van der Waals surface area contributed by atoms with Crippen molar-refractivity contribution in [1.29, 1.82) is 0 Å². The van der Waals surface area contributed by atoms with E-state index in [0.717, 1.165) is 37.2 Å². The van der Waals surface area contributed by atoms with E-state index in [1.165, 1.54) is 6.42 Å². The summed E-state index contributed by atoms with van der Waals surface area (Å²) in [5.74, 6) is 0.791. The number of aromatic nitrogens is 2. The number of nitrogens with one attached hydrogen (secondary N) is 2. The summed E-state index contributed by atoms with van der Waals surface area (Å²) in [5, 5.41) is 11.1. The van der Waals surface area contributed by atoms with Crippen molar-refractivity contribution >= 4 is 11.7 Å². The number of hydrogen-bond donors (Lipinski definition) is 2. The first-order chi connectivity index (χ1) is 10.3. The highest BCUT2D eigenvalue weighted by molar-refractivity contribution is 6.01. The smallest absolute Gasteiger partial charge is 0.258 e. The minimum atomic E-state index is -0.297. The number of benzene rings is 1. The third kappa shape index (κ3) is 2.00. The van der Waals surface area contributed by atoms with Gasteiger partial charge in [0.05, 0.1) is 11.9 Å². The predicted molar refractivity (Wildman–Crippen MR) is 80.5 cm³/mol. The van der Waals surface area contributed by atoms with E-state index in [2.05, 4.69) is 15.7 Å². The molecule has 21 heavy (non-hydrogen) atoms. The van der Waals surface area contributed by atoms with Gasteiger partial charge in [0.25, 0.3) is 5.91 Å². The second-order valence-corrected chi connectivity index (χ2v) is 5.88. The zero-order valence-electron chi connectivity index (χ0n) is 11.8. The third-order valence-corrected chi connectivity index (χ3v) is 4.43. The summed E-state index contributed by atoms with van der Waals surface area (Å²) in [6.07, 6.45) is 7.10. The van der Waals surface area contributed by atoms with E-state index < -0.39 is 0 Å². The van der Waals surface area contributed by atoms with Gasteiger partial charge in [-0.25, -0.2) is 4.68 Å². The molecule has 1 aliphatic heterocycles. The number of hydrogen-bond acceptors (Lipinski definition) is 3. The fourth-order valence-corrected chi connectivity index (χ4v) is 3.35. The van der Waals surface area contributed by atoms with Crippen molar-refractivity contribution in [3.8, 4) is 5.69 Å².